The maximum atomic E-state index is 12.7. The van der Waals surface area contributed by atoms with E-state index in [1.165, 1.54) is 21.1 Å². The van der Waals surface area contributed by atoms with E-state index >= 15 is 0 Å². The second-order valence-corrected chi connectivity index (χ2v) is 6.79. The lowest BCUT2D eigenvalue weighted by atomic mass is 10.1. The zero-order valence-corrected chi connectivity index (χ0v) is 18.0. The quantitative estimate of drug-likeness (QED) is 0.577. The van der Waals surface area contributed by atoms with Crippen molar-refractivity contribution in [2.75, 3.05) is 26.6 Å². The van der Waals surface area contributed by atoms with Crippen molar-refractivity contribution in [2.24, 2.45) is 0 Å². The number of pyridine rings is 1. The fourth-order valence-electron chi connectivity index (χ4n) is 3.02. The van der Waals surface area contributed by atoms with Crippen LogP contribution in [0.4, 0.5) is 5.69 Å². The molecule has 1 atom stereocenters. The van der Waals surface area contributed by atoms with Gasteiger partial charge in [-0.2, -0.15) is 0 Å². The first-order valence-corrected chi connectivity index (χ1v) is 9.55. The minimum absolute atomic E-state index is 0.284. The van der Waals surface area contributed by atoms with E-state index in [4.69, 9.17) is 18.9 Å². The highest BCUT2D eigenvalue weighted by atomic mass is 16.5. The third-order valence-corrected chi connectivity index (χ3v) is 4.74. The number of carbonyl (C=O) groups is 2. The molecule has 0 fully saturated rings. The lowest BCUT2D eigenvalue weighted by Gasteiger charge is -2.15. The van der Waals surface area contributed by atoms with Gasteiger partial charge >= 0.3 is 5.97 Å². The van der Waals surface area contributed by atoms with Crippen LogP contribution in [0.3, 0.4) is 0 Å². The fraction of sp³-hybridized carbons (Fsp3) is 0.261. The monoisotopic (exact) mass is 424 g/mol. The Morgan fingerprint density at radius 1 is 0.935 bits per heavy atom. The number of aryl methyl sites for hydroxylation is 1. The molecule has 8 heteroatoms. The molecule has 0 spiro atoms. The van der Waals surface area contributed by atoms with Gasteiger partial charge in [-0.25, -0.2) is 4.79 Å². The molecular weight excluding hydrogens is 400 g/mol. The Bertz CT molecular complexity index is 1130. The van der Waals surface area contributed by atoms with Crippen LogP contribution in [0.2, 0.25) is 0 Å². The minimum Gasteiger partial charge on any atom is -0.497 e. The summed E-state index contributed by atoms with van der Waals surface area (Å²) in [5, 5.41) is 3.44. The molecule has 1 aromatic heterocycles. The summed E-state index contributed by atoms with van der Waals surface area (Å²) >= 11 is 0. The zero-order chi connectivity index (χ0) is 22.5. The van der Waals surface area contributed by atoms with Crippen molar-refractivity contribution in [3.63, 3.8) is 0 Å². The third-order valence-electron chi connectivity index (χ3n) is 4.74. The van der Waals surface area contributed by atoms with Crippen LogP contribution in [-0.4, -0.2) is 44.3 Å². The summed E-state index contributed by atoms with van der Waals surface area (Å²) in [6, 6.07) is 12.0. The Balaban J connectivity index is 1.74. The van der Waals surface area contributed by atoms with E-state index in [9.17, 15) is 9.59 Å². The maximum absolute atomic E-state index is 12.7. The average Bonchev–Trinajstić information content (AvgIpc) is 2.77. The summed E-state index contributed by atoms with van der Waals surface area (Å²) < 4.78 is 21.0. The first-order valence-electron chi connectivity index (χ1n) is 9.55. The molecule has 2 aromatic carbocycles. The SMILES string of the molecule is COc1ccc2nc(C)c(C(=O)O[C@H](C)C(=O)Nc3ccc(OC)c(OC)c3)cc2c1. The Hall–Kier alpha value is -3.81. The first-order chi connectivity index (χ1) is 14.9. The average molecular weight is 424 g/mol. The van der Waals surface area contributed by atoms with Gasteiger partial charge in [0, 0.05) is 17.1 Å². The van der Waals surface area contributed by atoms with Crippen molar-refractivity contribution in [3.05, 3.63) is 53.7 Å². The highest BCUT2D eigenvalue weighted by Crippen LogP contribution is 2.30. The van der Waals surface area contributed by atoms with Crippen LogP contribution in [0.5, 0.6) is 17.2 Å². The van der Waals surface area contributed by atoms with Gasteiger partial charge in [0.1, 0.15) is 5.75 Å². The smallest absolute Gasteiger partial charge is 0.340 e. The predicted octanol–water partition coefficient (Wildman–Crippen LogP) is 3.75. The third kappa shape index (κ3) is 4.85. The highest BCUT2D eigenvalue weighted by molar-refractivity contribution is 5.99. The molecule has 162 valence electrons. The van der Waals surface area contributed by atoms with E-state index < -0.39 is 18.0 Å². The summed E-state index contributed by atoms with van der Waals surface area (Å²) in [5.74, 6) is 0.549. The summed E-state index contributed by atoms with van der Waals surface area (Å²) in [7, 11) is 4.59. The number of rotatable bonds is 7. The molecule has 3 rings (SSSR count). The van der Waals surface area contributed by atoms with Gasteiger partial charge in [-0.05, 0) is 50.2 Å². The van der Waals surface area contributed by atoms with Crippen molar-refractivity contribution in [2.45, 2.75) is 20.0 Å². The zero-order valence-electron chi connectivity index (χ0n) is 18.0. The number of hydrogen-bond donors (Lipinski definition) is 1. The second kappa shape index (κ2) is 9.34. The van der Waals surface area contributed by atoms with Crippen molar-refractivity contribution in [3.8, 4) is 17.2 Å². The van der Waals surface area contributed by atoms with Crippen LogP contribution in [-0.2, 0) is 9.53 Å². The van der Waals surface area contributed by atoms with Crippen molar-refractivity contribution < 1.29 is 28.5 Å². The van der Waals surface area contributed by atoms with Gasteiger partial charge < -0.3 is 24.3 Å². The topological polar surface area (TPSA) is 96.0 Å². The summed E-state index contributed by atoms with van der Waals surface area (Å²) in [5.41, 5.74) is 2.01. The molecular formula is C23H24N2O6. The van der Waals surface area contributed by atoms with Gasteiger partial charge in [0.05, 0.1) is 38.1 Å². The molecule has 8 nitrogen and oxygen atoms in total. The molecule has 1 N–H and O–H groups in total. The molecule has 31 heavy (non-hydrogen) atoms. The number of fused-ring (bicyclic) bond motifs is 1. The van der Waals surface area contributed by atoms with Crippen molar-refractivity contribution >= 4 is 28.5 Å². The van der Waals surface area contributed by atoms with E-state index in [0.29, 0.717) is 28.6 Å². The number of benzene rings is 2. The highest BCUT2D eigenvalue weighted by Gasteiger charge is 2.21. The Labute approximate surface area is 180 Å². The molecule has 0 aliphatic carbocycles. The van der Waals surface area contributed by atoms with Gasteiger partial charge in [-0.1, -0.05) is 0 Å². The standard InChI is InChI=1S/C23H24N2O6/c1-13-18(11-15-10-17(28-3)7-8-19(15)24-13)23(27)31-14(2)22(26)25-16-6-9-20(29-4)21(12-16)30-5/h6-12,14H,1-5H3,(H,25,26)/t14-/m1/s1. The fourth-order valence-corrected chi connectivity index (χ4v) is 3.02. The molecule has 0 saturated carbocycles. The summed E-state index contributed by atoms with van der Waals surface area (Å²) in [4.78, 5) is 29.7. The molecule has 0 saturated heterocycles. The molecule has 0 aliphatic heterocycles. The Kier molecular flexibility index (Phi) is 6.59. The minimum atomic E-state index is -1.03. The Morgan fingerprint density at radius 2 is 1.68 bits per heavy atom. The van der Waals surface area contributed by atoms with Crippen LogP contribution in [0.15, 0.2) is 42.5 Å². The van der Waals surface area contributed by atoms with E-state index in [1.807, 2.05) is 6.07 Å². The Morgan fingerprint density at radius 3 is 2.35 bits per heavy atom. The predicted molar refractivity (Wildman–Crippen MR) is 116 cm³/mol. The molecule has 0 aliphatic rings. The number of anilines is 1. The number of nitrogens with one attached hydrogen (secondary N) is 1. The van der Waals surface area contributed by atoms with E-state index in [0.717, 1.165) is 10.9 Å². The van der Waals surface area contributed by atoms with Crippen molar-refractivity contribution in [1.82, 2.24) is 4.98 Å². The summed E-state index contributed by atoms with van der Waals surface area (Å²) in [6.45, 7) is 3.22. The van der Waals surface area contributed by atoms with Gasteiger partial charge in [-0.15, -0.1) is 0 Å². The van der Waals surface area contributed by atoms with E-state index in [1.54, 1.807) is 50.4 Å². The number of amides is 1. The van der Waals surface area contributed by atoms with Gasteiger partial charge in [-0.3, -0.25) is 9.78 Å². The van der Waals surface area contributed by atoms with Gasteiger partial charge in [0.15, 0.2) is 17.6 Å². The molecule has 0 unspecified atom stereocenters. The largest absolute Gasteiger partial charge is 0.497 e. The van der Waals surface area contributed by atoms with Gasteiger partial charge in [0.2, 0.25) is 0 Å². The van der Waals surface area contributed by atoms with E-state index in [-0.39, 0.29) is 5.56 Å². The first kappa shape index (κ1) is 21.9. The second-order valence-electron chi connectivity index (χ2n) is 6.79. The molecule has 1 amide bonds. The lowest BCUT2D eigenvalue weighted by Crippen LogP contribution is -2.30. The number of nitrogens with zero attached hydrogens (tertiary/aromatic N) is 1. The molecule has 0 radical (unpaired) electrons. The number of hydrogen-bond acceptors (Lipinski definition) is 7. The van der Waals surface area contributed by atoms with Crippen LogP contribution < -0.4 is 19.5 Å². The van der Waals surface area contributed by atoms with Crippen LogP contribution >= 0.6 is 0 Å². The number of esters is 1. The lowest BCUT2D eigenvalue weighted by molar-refractivity contribution is -0.123. The molecule has 3 aromatic rings. The maximum Gasteiger partial charge on any atom is 0.340 e. The van der Waals surface area contributed by atoms with Crippen LogP contribution in [0.1, 0.15) is 23.0 Å². The number of carbonyl (C=O) groups excluding carboxylic acids is 2. The van der Waals surface area contributed by atoms with Crippen molar-refractivity contribution in [1.29, 1.82) is 0 Å². The van der Waals surface area contributed by atoms with Crippen LogP contribution in [0.25, 0.3) is 10.9 Å². The number of ether oxygens (including phenoxy) is 4. The van der Waals surface area contributed by atoms with Crippen LogP contribution in [0, 0.1) is 6.92 Å². The molecule has 1 heterocycles. The normalized spacial score (nSPS) is 11.5. The molecule has 0 bridgehead atoms. The van der Waals surface area contributed by atoms with E-state index in [2.05, 4.69) is 10.3 Å². The number of aromatic nitrogens is 1. The number of methoxy groups -OCH3 is 3. The van der Waals surface area contributed by atoms with Gasteiger partial charge in [0.25, 0.3) is 5.91 Å². The summed E-state index contributed by atoms with van der Waals surface area (Å²) in [6.07, 6.45) is -1.03.